The maximum Gasteiger partial charge on any atom is 0.259 e. The molecule has 3 aromatic rings. The van der Waals surface area contributed by atoms with Gasteiger partial charge in [-0.05, 0) is 103 Å². The smallest absolute Gasteiger partial charge is 0.259 e. The van der Waals surface area contributed by atoms with Crippen LogP contribution < -0.4 is 19.1 Å². The molecule has 0 fully saturated rings. The van der Waals surface area contributed by atoms with Crippen LogP contribution in [-0.4, -0.2) is 38.5 Å². The fourth-order valence-electron chi connectivity index (χ4n) is 4.77. The van der Waals surface area contributed by atoms with E-state index in [1.54, 1.807) is 43.4 Å². The third-order valence-corrected chi connectivity index (χ3v) is 6.73. The lowest BCUT2D eigenvalue weighted by Crippen LogP contribution is -2.32. The number of hydrogen-bond donors (Lipinski definition) is 0. The lowest BCUT2D eigenvalue weighted by molar-refractivity contribution is -0.113. The summed E-state index contributed by atoms with van der Waals surface area (Å²) in [5, 5.41) is -0.581. The van der Waals surface area contributed by atoms with Crippen molar-refractivity contribution in [3.63, 3.8) is 0 Å². The molecular weight excluding hydrogens is 478 g/mol. The molecule has 1 atom stereocenters. The van der Waals surface area contributed by atoms with Crippen LogP contribution >= 0.6 is 11.6 Å². The molecule has 1 aliphatic rings. The summed E-state index contributed by atoms with van der Waals surface area (Å²) in [6.07, 6.45) is 2.83. The highest BCUT2D eigenvalue weighted by Crippen LogP contribution is 2.40. The van der Waals surface area contributed by atoms with Crippen molar-refractivity contribution in [2.75, 3.05) is 32.3 Å². The lowest BCUT2D eigenvalue weighted by atomic mass is 9.79. The van der Waals surface area contributed by atoms with Crippen molar-refractivity contribution in [3.8, 4) is 17.2 Å². The molecule has 4 rings (SSSR count). The zero-order chi connectivity index (χ0) is 25.7. The van der Waals surface area contributed by atoms with Crippen LogP contribution in [0.25, 0.3) is 0 Å². The van der Waals surface area contributed by atoms with Gasteiger partial charge in [0.2, 0.25) is 0 Å². The molecule has 0 bridgehead atoms. The zero-order valence-electron chi connectivity index (χ0n) is 20.8. The van der Waals surface area contributed by atoms with Gasteiger partial charge in [-0.25, -0.2) is 0 Å². The number of carbonyl (C=O) groups is 2. The number of ether oxygens (including phenoxy) is 3. The van der Waals surface area contributed by atoms with Crippen molar-refractivity contribution in [2.45, 2.75) is 32.1 Å². The fourth-order valence-corrected chi connectivity index (χ4v) is 4.82. The predicted molar refractivity (Wildman–Crippen MR) is 141 cm³/mol. The normalized spacial score (nSPS) is 14.5. The Kier molecular flexibility index (Phi) is 8.16. The van der Waals surface area contributed by atoms with E-state index < -0.39 is 5.24 Å². The fraction of sp³-hybridized carbons (Fsp3) is 0.310. The molecule has 0 spiro atoms. The molecule has 1 amide bonds. The number of anilines is 1. The number of nitrogens with zero attached hydrogens (tertiary/aromatic N) is 1. The van der Waals surface area contributed by atoms with E-state index in [1.165, 1.54) is 11.1 Å². The number of amides is 1. The van der Waals surface area contributed by atoms with Crippen molar-refractivity contribution in [1.82, 2.24) is 0 Å². The minimum Gasteiger partial charge on any atom is -0.497 e. The summed E-state index contributed by atoms with van der Waals surface area (Å²) >= 11 is 5.34. The predicted octanol–water partition coefficient (Wildman–Crippen LogP) is 5.79. The number of carbonyl (C=O) groups excluding carboxylic acids is 2. The van der Waals surface area contributed by atoms with E-state index in [2.05, 4.69) is 18.2 Å². The van der Waals surface area contributed by atoms with Gasteiger partial charge in [-0.15, -0.1) is 0 Å². The maximum atomic E-state index is 13.6. The summed E-state index contributed by atoms with van der Waals surface area (Å²) in [6.45, 7) is 2.24. The summed E-state index contributed by atoms with van der Waals surface area (Å²) in [7, 11) is 3.32. The first-order chi connectivity index (χ1) is 17.4. The molecule has 0 saturated heterocycles. The second-order valence-electron chi connectivity index (χ2n) is 8.72. The molecule has 188 valence electrons. The minimum absolute atomic E-state index is 0.118. The van der Waals surface area contributed by atoms with Crippen LogP contribution in [-0.2, 0) is 17.6 Å². The first-order valence-electron chi connectivity index (χ1n) is 12.0. The minimum atomic E-state index is -0.581. The SMILES string of the molecule is CCN(C(=O)c1ccc(OCC(=O)Cl)cc1)c1cc(OC)ccc1C1CCc2cc(OC)ccc2C1. The highest BCUT2D eigenvalue weighted by molar-refractivity contribution is 6.63. The molecule has 6 nitrogen and oxygen atoms in total. The summed E-state index contributed by atoms with van der Waals surface area (Å²) in [5.74, 6) is 2.22. The van der Waals surface area contributed by atoms with E-state index in [-0.39, 0.29) is 18.4 Å². The van der Waals surface area contributed by atoms with E-state index in [1.807, 2.05) is 25.1 Å². The van der Waals surface area contributed by atoms with Crippen molar-refractivity contribution >= 4 is 28.4 Å². The highest BCUT2D eigenvalue weighted by atomic mass is 35.5. The Hall–Kier alpha value is -3.51. The Bertz CT molecular complexity index is 1240. The molecule has 36 heavy (non-hydrogen) atoms. The van der Waals surface area contributed by atoms with Gasteiger partial charge >= 0.3 is 0 Å². The number of fused-ring (bicyclic) bond motifs is 1. The van der Waals surface area contributed by atoms with E-state index in [9.17, 15) is 9.59 Å². The average molecular weight is 508 g/mol. The van der Waals surface area contributed by atoms with E-state index in [0.29, 0.717) is 23.6 Å². The van der Waals surface area contributed by atoms with Crippen molar-refractivity contribution < 1.29 is 23.8 Å². The molecule has 0 radical (unpaired) electrons. The Morgan fingerprint density at radius 3 is 2.25 bits per heavy atom. The molecular formula is C29H30ClNO5. The van der Waals surface area contributed by atoms with Crippen LogP contribution in [0.15, 0.2) is 60.7 Å². The average Bonchev–Trinajstić information content (AvgIpc) is 2.91. The van der Waals surface area contributed by atoms with Gasteiger partial charge in [0.1, 0.15) is 17.2 Å². The molecule has 0 aromatic heterocycles. The maximum absolute atomic E-state index is 13.6. The monoisotopic (exact) mass is 507 g/mol. The van der Waals surface area contributed by atoms with Crippen LogP contribution in [0.1, 0.15) is 46.3 Å². The number of hydrogen-bond acceptors (Lipinski definition) is 5. The third-order valence-electron chi connectivity index (χ3n) is 6.63. The van der Waals surface area contributed by atoms with Crippen LogP contribution in [0.4, 0.5) is 5.69 Å². The van der Waals surface area contributed by atoms with E-state index in [0.717, 1.165) is 36.3 Å². The first kappa shape index (κ1) is 25.6. The van der Waals surface area contributed by atoms with E-state index in [4.69, 9.17) is 25.8 Å². The zero-order valence-corrected chi connectivity index (χ0v) is 21.5. The summed E-state index contributed by atoms with van der Waals surface area (Å²) < 4.78 is 16.2. The molecule has 7 heteroatoms. The molecule has 1 unspecified atom stereocenters. The molecule has 1 aliphatic carbocycles. The van der Waals surface area contributed by atoms with Crippen LogP contribution in [0, 0.1) is 0 Å². The number of aryl methyl sites for hydroxylation is 1. The molecule has 0 aliphatic heterocycles. The third kappa shape index (κ3) is 5.65. The van der Waals surface area contributed by atoms with Gasteiger partial charge < -0.3 is 19.1 Å². The Balaban J connectivity index is 1.63. The highest BCUT2D eigenvalue weighted by Gasteiger charge is 2.27. The lowest BCUT2D eigenvalue weighted by Gasteiger charge is -2.31. The number of benzene rings is 3. The summed E-state index contributed by atoms with van der Waals surface area (Å²) in [4.78, 5) is 26.4. The molecule has 0 saturated carbocycles. The summed E-state index contributed by atoms with van der Waals surface area (Å²) in [5.41, 5.74) is 5.15. The largest absolute Gasteiger partial charge is 0.497 e. The molecule has 3 aromatic carbocycles. The van der Waals surface area contributed by atoms with Crippen LogP contribution in [0.5, 0.6) is 17.2 Å². The van der Waals surface area contributed by atoms with Crippen LogP contribution in [0.2, 0.25) is 0 Å². The number of methoxy groups -OCH3 is 2. The van der Waals surface area contributed by atoms with Crippen LogP contribution in [0.3, 0.4) is 0 Å². The van der Waals surface area contributed by atoms with Gasteiger partial charge in [-0.1, -0.05) is 12.1 Å². The van der Waals surface area contributed by atoms with Crippen molar-refractivity contribution in [1.29, 1.82) is 0 Å². The Morgan fingerprint density at radius 2 is 1.58 bits per heavy atom. The van der Waals surface area contributed by atoms with Gasteiger partial charge in [-0.3, -0.25) is 9.59 Å². The second kappa shape index (κ2) is 11.5. The second-order valence-corrected chi connectivity index (χ2v) is 9.14. The van der Waals surface area contributed by atoms with Crippen molar-refractivity contribution in [3.05, 3.63) is 82.9 Å². The quantitative estimate of drug-likeness (QED) is 0.343. The van der Waals surface area contributed by atoms with Gasteiger partial charge in [-0.2, -0.15) is 0 Å². The van der Waals surface area contributed by atoms with Gasteiger partial charge in [0, 0.05) is 18.2 Å². The van der Waals surface area contributed by atoms with Gasteiger partial charge in [0.25, 0.3) is 11.1 Å². The number of halogens is 1. The van der Waals surface area contributed by atoms with Gasteiger partial charge in [0.05, 0.1) is 19.9 Å². The van der Waals surface area contributed by atoms with Crippen molar-refractivity contribution in [2.24, 2.45) is 0 Å². The standard InChI is InChI=1S/C29H30ClNO5/c1-4-31(29(33)19-7-10-23(11-8-19)36-18-28(30)32)27-17-25(35-3)13-14-26(27)22-6-5-21-16-24(34-2)12-9-20(21)15-22/h7-14,16-17,22H,4-6,15,18H2,1-3H3. The number of rotatable bonds is 9. The Morgan fingerprint density at radius 1 is 0.917 bits per heavy atom. The topological polar surface area (TPSA) is 65.1 Å². The summed E-state index contributed by atoms with van der Waals surface area (Å²) in [6, 6.07) is 19.0. The van der Waals surface area contributed by atoms with E-state index >= 15 is 0 Å². The molecule has 0 heterocycles. The molecule has 0 N–H and O–H groups in total. The first-order valence-corrected chi connectivity index (χ1v) is 12.4. The van der Waals surface area contributed by atoms with Gasteiger partial charge in [0.15, 0.2) is 6.61 Å². The Labute approximate surface area is 216 Å².